The lowest BCUT2D eigenvalue weighted by atomic mass is 9.99. The van der Waals surface area contributed by atoms with Crippen molar-refractivity contribution in [3.63, 3.8) is 0 Å². The Kier molecular flexibility index (Phi) is 4.50. The van der Waals surface area contributed by atoms with Crippen molar-refractivity contribution in [1.82, 2.24) is 9.19 Å². The Bertz CT molecular complexity index is 1010. The molecular formula is C17H15IN2O3S. The van der Waals surface area contributed by atoms with Gasteiger partial charge in [-0.15, -0.1) is 4.09 Å². The van der Waals surface area contributed by atoms with Gasteiger partial charge in [0.25, 0.3) is 0 Å². The average Bonchev–Trinajstić information content (AvgIpc) is 2.86. The second-order valence-electron chi connectivity index (χ2n) is 5.48. The van der Waals surface area contributed by atoms with Gasteiger partial charge in [-0.25, -0.2) is 0 Å². The molecule has 0 aliphatic carbocycles. The standard InChI is InChI=1S/C17H15IN2O3S/c1-11-7-9-13(10-8-11)17-16(14-5-3-4-6-15(14)18)12(2)20(19-17)24(21,22)23/h3-10H,1-2H3,(H,21,22,23). The average molecular weight is 454 g/mol. The molecule has 3 aromatic rings. The normalized spacial score (nSPS) is 11.7. The highest BCUT2D eigenvalue weighted by molar-refractivity contribution is 14.1. The molecule has 24 heavy (non-hydrogen) atoms. The lowest BCUT2D eigenvalue weighted by molar-refractivity contribution is 0.464. The van der Waals surface area contributed by atoms with Gasteiger partial charge in [-0.05, 0) is 48.1 Å². The van der Waals surface area contributed by atoms with Crippen molar-refractivity contribution in [3.05, 3.63) is 63.4 Å². The number of nitrogens with zero attached hydrogens (tertiary/aromatic N) is 2. The maximum atomic E-state index is 11.7. The fourth-order valence-corrected chi connectivity index (χ4v) is 3.89. The zero-order valence-corrected chi connectivity index (χ0v) is 16.0. The first-order chi connectivity index (χ1) is 11.3. The first-order valence-corrected chi connectivity index (χ1v) is 9.66. The zero-order valence-electron chi connectivity index (χ0n) is 13.1. The van der Waals surface area contributed by atoms with E-state index in [2.05, 4.69) is 27.7 Å². The summed E-state index contributed by atoms with van der Waals surface area (Å²) in [4.78, 5) is 0. The van der Waals surface area contributed by atoms with E-state index in [0.29, 0.717) is 21.0 Å². The monoisotopic (exact) mass is 454 g/mol. The second-order valence-corrected chi connectivity index (χ2v) is 7.88. The molecule has 2 aromatic carbocycles. The third kappa shape index (κ3) is 3.11. The van der Waals surface area contributed by atoms with Crippen molar-refractivity contribution in [2.45, 2.75) is 13.8 Å². The number of hydrogen-bond donors (Lipinski definition) is 1. The summed E-state index contributed by atoms with van der Waals surface area (Å²) in [5.41, 5.74) is 4.36. The van der Waals surface area contributed by atoms with Crippen molar-refractivity contribution in [2.24, 2.45) is 0 Å². The Morgan fingerprint density at radius 1 is 1.04 bits per heavy atom. The van der Waals surface area contributed by atoms with E-state index in [1.807, 2.05) is 55.5 Å². The SMILES string of the molecule is Cc1ccc(-c2nn(S(=O)(=O)O)c(C)c2-c2ccccc2I)cc1. The van der Waals surface area contributed by atoms with Crippen LogP contribution in [0.4, 0.5) is 0 Å². The second kappa shape index (κ2) is 6.30. The van der Waals surface area contributed by atoms with Crippen molar-refractivity contribution in [1.29, 1.82) is 0 Å². The Morgan fingerprint density at radius 2 is 1.67 bits per heavy atom. The van der Waals surface area contributed by atoms with Crippen molar-refractivity contribution >= 4 is 32.9 Å². The minimum atomic E-state index is -4.47. The van der Waals surface area contributed by atoms with Crippen LogP contribution < -0.4 is 0 Å². The molecule has 5 nitrogen and oxygen atoms in total. The van der Waals surface area contributed by atoms with Crippen molar-refractivity contribution in [3.8, 4) is 22.4 Å². The van der Waals surface area contributed by atoms with E-state index in [-0.39, 0.29) is 0 Å². The molecule has 0 bridgehead atoms. The molecule has 0 aliphatic heterocycles. The maximum absolute atomic E-state index is 11.7. The molecular weight excluding hydrogens is 439 g/mol. The number of aryl methyl sites for hydroxylation is 1. The Labute approximate surface area is 154 Å². The van der Waals surface area contributed by atoms with E-state index >= 15 is 0 Å². The molecule has 0 aliphatic rings. The smallest absolute Gasteiger partial charge is 0.268 e. The fraction of sp³-hybridized carbons (Fsp3) is 0.118. The van der Waals surface area contributed by atoms with Crippen LogP contribution in [0, 0.1) is 17.4 Å². The van der Waals surface area contributed by atoms with Crippen LogP contribution in [0.1, 0.15) is 11.3 Å². The molecule has 0 saturated heterocycles. The van der Waals surface area contributed by atoms with Gasteiger partial charge in [-0.1, -0.05) is 48.0 Å². The third-order valence-electron chi connectivity index (χ3n) is 3.76. The Hall–Kier alpha value is -1.71. The number of aromatic nitrogens is 2. The van der Waals surface area contributed by atoms with Gasteiger partial charge in [0, 0.05) is 14.7 Å². The van der Waals surface area contributed by atoms with Crippen LogP contribution in [-0.4, -0.2) is 22.2 Å². The third-order valence-corrected chi connectivity index (χ3v) is 5.50. The highest BCUT2D eigenvalue weighted by Gasteiger charge is 2.24. The summed E-state index contributed by atoms with van der Waals surface area (Å²) in [5, 5.41) is 4.17. The first kappa shape index (κ1) is 17.1. The van der Waals surface area contributed by atoms with E-state index < -0.39 is 10.3 Å². The van der Waals surface area contributed by atoms with Crippen LogP contribution in [0.15, 0.2) is 48.5 Å². The maximum Gasteiger partial charge on any atom is 0.379 e. The largest absolute Gasteiger partial charge is 0.379 e. The summed E-state index contributed by atoms with van der Waals surface area (Å²) in [5.74, 6) is 0. The zero-order chi connectivity index (χ0) is 17.5. The van der Waals surface area contributed by atoms with E-state index in [1.54, 1.807) is 6.92 Å². The van der Waals surface area contributed by atoms with E-state index in [4.69, 9.17) is 0 Å². The van der Waals surface area contributed by atoms with Gasteiger partial charge < -0.3 is 0 Å². The molecule has 7 heteroatoms. The molecule has 3 rings (SSSR count). The number of hydrogen-bond acceptors (Lipinski definition) is 3. The molecule has 0 unspecified atom stereocenters. The van der Waals surface area contributed by atoms with Gasteiger partial charge in [0.05, 0.1) is 5.69 Å². The van der Waals surface area contributed by atoms with Gasteiger partial charge in [0.2, 0.25) is 0 Å². The molecule has 0 fully saturated rings. The van der Waals surface area contributed by atoms with E-state index in [9.17, 15) is 13.0 Å². The molecule has 1 heterocycles. The molecule has 0 saturated carbocycles. The molecule has 0 spiro atoms. The predicted octanol–water partition coefficient (Wildman–Crippen LogP) is 4.09. The van der Waals surface area contributed by atoms with Crippen LogP contribution in [0.3, 0.4) is 0 Å². The van der Waals surface area contributed by atoms with Crippen LogP contribution in [-0.2, 0) is 10.3 Å². The summed E-state index contributed by atoms with van der Waals surface area (Å²) < 4.78 is 34.5. The van der Waals surface area contributed by atoms with Gasteiger partial charge >= 0.3 is 10.3 Å². The summed E-state index contributed by atoms with van der Waals surface area (Å²) >= 11 is 2.20. The van der Waals surface area contributed by atoms with E-state index in [1.165, 1.54) is 0 Å². The van der Waals surface area contributed by atoms with Crippen molar-refractivity contribution < 1.29 is 13.0 Å². The van der Waals surface area contributed by atoms with Gasteiger partial charge in [0.1, 0.15) is 5.69 Å². The highest BCUT2D eigenvalue weighted by atomic mass is 127. The van der Waals surface area contributed by atoms with Crippen LogP contribution in [0.25, 0.3) is 22.4 Å². The summed E-state index contributed by atoms with van der Waals surface area (Å²) in [7, 11) is -4.47. The van der Waals surface area contributed by atoms with Crippen molar-refractivity contribution in [2.75, 3.05) is 0 Å². The van der Waals surface area contributed by atoms with E-state index in [0.717, 1.165) is 20.3 Å². The molecule has 1 aromatic heterocycles. The van der Waals surface area contributed by atoms with Gasteiger partial charge in [-0.3, -0.25) is 4.55 Å². The molecule has 1 N–H and O–H groups in total. The van der Waals surface area contributed by atoms with Crippen LogP contribution in [0.2, 0.25) is 0 Å². The summed E-state index contributed by atoms with van der Waals surface area (Å²) in [6.45, 7) is 3.61. The molecule has 124 valence electrons. The van der Waals surface area contributed by atoms with Gasteiger partial charge in [-0.2, -0.15) is 13.5 Å². The number of benzene rings is 2. The molecule has 0 radical (unpaired) electrons. The molecule has 0 atom stereocenters. The fourth-order valence-electron chi connectivity index (χ4n) is 2.61. The first-order valence-electron chi connectivity index (χ1n) is 7.18. The number of halogens is 1. The highest BCUT2D eigenvalue weighted by Crippen LogP contribution is 2.37. The lowest BCUT2D eigenvalue weighted by Crippen LogP contribution is -2.14. The lowest BCUT2D eigenvalue weighted by Gasteiger charge is -2.07. The Balaban J connectivity index is 2.36. The van der Waals surface area contributed by atoms with Crippen LogP contribution >= 0.6 is 22.6 Å². The summed E-state index contributed by atoms with van der Waals surface area (Å²) in [6, 6.07) is 15.3. The van der Waals surface area contributed by atoms with Gasteiger partial charge in [0.15, 0.2) is 0 Å². The minimum absolute atomic E-state index is 0.372. The number of rotatable bonds is 3. The van der Waals surface area contributed by atoms with Crippen LogP contribution in [0.5, 0.6) is 0 Å². The topological polar surface area (TPSA) is 72.2 Å². The predicted molar refractivity (Wildman–Crippen MR) is 102 cm³/mol. The quantitative estimate of drug-likeness (QED) is 0.478. The minimum Gasteiger partial charge on any atom is -0.268 e. The Morgan fingerprint density at radius 3 is 2.25 bits per heavy atom. The molecule has 0 amide bonds. The summed E-state index contributed by atoms with van der Waals surface area (Å²) in [6.07, 6.45) is 0.